The van der Waals surface area contributed by atoms with Gasteiger partial charge in [-0.1, -0.05) is 12.1 Å². The molecule has 2 aromatic carbocycles. The van der Waals surface area contributed by atoms with Gasteiger partial charge in [0.2, 0.25) is 0 Å². The number of quaternary nitrogens is 1. The van der Waals surface area contributed by atoms with Crippen LogP contribution in [-0.4, -0.2) is 56.0 Å². The van der Waals surface area contributed by atoms with Crippen molar-refractivity contribution in [2.45, 2.75) is 24.5 Å². The highest BCUT2D eigenvalue weighted by Crippen LogP contribution is 2.33. The van der Waals surface area contributed by atoms with Crippen molar-refractivity contribution >= 4 is 6.09 Å². The third-order valence-corrected chi connectivity index (χ3v) is 6.49. The van der Waals surface area contributed by atoms with Crippen molar-refractivity contribution in [3.8, 4) is 0 Å². The molecule has 0 radical (unpaired) electrons. The third-order valence-electron chi connectivity index (χ3n) is 6.49. The predicted octanol–water partition coefficient (Wildman–Crippen LogP) is 1.07. The zero-order valence-corrected chi connectivity index (χ0v) is 20.2. The number of hydrogen-bond acceptors (Lipinski definition) is 3. The van der Waals surface area contributed by atoms with Crippen LogP contribution in [0.1, 0.15) is 30.1 Å². The van der Waals surface area contributed by atoms with Crippen molar-refractivity contribution < 1.29 is 60.3 Å². The first-order chi connectivity index (χ1) is 15.2. The molecule has 5 nitrogen and oxygen atoms in total. The van der Waals surface area contributed by atoms with E-state index in [2.05, 4.69) is 12.4 Å². The van der Waals surface area contributed by atoms with Gasteiger partial charge < -0.3 is 43.3 Å². The molecule has 0 aromatic heterocycles. The number of ether oxygens (including phenoxy) is 2. The minimum atomic E-state index is -1.04. The van der Waals surface area contributed by atoms with Gasteiger partial charge in [0, 0.05) is 12.8 Å². The van der Waals surface area contributed by atoms with E-state index in [-0.39, 0.29) is 36.7 Å². The Kier molecular flexibility index (Phi) is 7.90. The summed E-state index contributed by atoms with van der Waals surface area (Å²) in [5.41, 5.74) is 0.161. The van der Waals surface area contributed by atoms with Crippen molar-refractivity contribution in [3.05, 3.63) is 70.8 Å². The molecule has 2 aliphatic rings. The first-order valence-electron chi connectivity index (χ1n) is 10.5. The average Bonchev–Trinajstić information content (AvgIpc) is 3.13. The van der Waals surface area contributed by atoms with Crippen LogP contribution in [0.4, 0.5) is 22.4 Å². The molecule has 1 N–H and O–H groups in total. The standard InChI is InChI=1S/C23H24F4N2O3.HI/c1-29(8-6-23(7-9-29)14-28-22(30)32-23)10-11-31-21(15-2-4-17(24)19(26)12-15)16-3-5-18(25)20(27)13-16;/h2-5,12-13,21H,6-11,14H2,1H3;1H. The molecule has 2 heterocycles. The maximum absolute atomic E-state index is 13.8. The molecule has 33 heavy (non-hydrogen) atoms. The molecule has 2 saturated heterocycles. The van der Waals surface area contributed by atoms with Crippen LogP contribution in [0, 0.1) is 23.3 Å². The number of halogens is 5. The maximum Gasteiger partial charge on any atom is 0.407 e. The maximum atomic E-state index is 13.8. The number of rotatable bonds is 6. The SMILES string of the molecule is C[N+]1(CCOC(c2ccc(F)c(F)c2)c2ccc(F)c(F)c2)CCC2(CC1)CNC(=O)O2.[I-]. The van der Waals surface area contributed by atoms with Gasteiger partial charge in [-0.25, -0.2) is 22.4 Å². The smallest absolute Gasteiger partial charge is 0.407 e. The van der Waals surface area contributed by atoms with Crippen molar-refractivity contribution in [1.82, 2.24) is 5.32 Å². The summed E-state index contributed by atoms with van der Waals surface area (Å²) in [4.78, 5) is 11.4. The quantitative estimate of drug-likeness (QED) is 0.316. The molecule has 2 aromatic rings. The lowest BCUT2D eigenvalue weighted by molar-refractivity contribution is -0.916. The molecule has 2 aliphatic heterocycles. The molecule has 0 aliphatic carbocycles. The van der Waals surface area contributed by atoms with Crippen molar-refractivity contribution in [3.63, 3.8) is 0 Å². The lowest BCUT2D eigenvalue weighted by Gasteiger charge is -2.43. The Balaban J connectivity index is 0.00000306. The minimum Gasteiger partial charge on any atom is -1.00 e. The molecule has 4 rings (SSSR count). The van der Waals surface area contributed by atoms with Gasteiger partial charge in [-0.2, -0.15) is 0 Å². The summed E-state index contributed by atoms with van der Waals surface area (Å²) in [5.74, 6) is -4.09. The van der Waals surface area contributed by atoms with E-state index in [1.165, 1.54) is 12.1 Å². The molecule has 0 saturated carbocycles. The van der Waals surface area contributed by atoms with Gasteiger partial charge in [0.05, 0.1) is 33.3 Å². The second kappa shape index (κ2) is 10.1. The van der Waals surface area contributed by atoms with Gasteiger partial charge in [-0.15, -0.1) is 0 Å². The summed E-state index contributed by atoms with van der Waals surface area (Å²) in [6.45, 7) is 2.93. The molecular formula is C23H25F4IN2O3. The van der Waals surface area contributed by atoms with Crippen LogP contribution >= 0.6 is 0 Å². The van der Waals surface area contributed by atoms with E-state index in [4.69, 9.17) is 9.47 Å². The number of nitrogens with zero attached hydrogens (tertiary/aromatic N) is 1. The molecule has 180 valence electrons. The molecule has 0 atom stereocenters. The first kappa shape index (κ1) is 25.7. The zero-order chi connectivity index (χ0) is 22.9. The Labute approximate surface area is 206 Å². The lowest BCUT2D eigenvalue weighted by Crippen LogP contribution is -3.00. The summed E-state index contributed by atoms with van der Waals surface area (Å²) in [5, 5.41) is 2.71. The van der Waals surface area contributed by atoms with Gasteiger partial charge in [0.25, 0.3) is 0 Å². The number of piperidine rings is 1. The van der Waals surface area contributed by atoms with E-state index in [0.717, 1.165) is 50.2 Å². The number of likely N-dealkylation sites (tertiary alicyclic amines) is 1. The Morgan fingerprint density at radius 3 is 2.00 bits per heavy atom. The summed E-state index contributed by atoms with van der Waals surface area (Å²) in [6, 6.07) is 6.71. The minimum absolute atomic E-state index is 0. The molecule has 10 heteroatoms. The summed E-state index contributed by atoms with van der Waals surface area (Å²) in [6.07, 6.45) is 0.170. The number of carbonyl (C=O) groups excluding carboxylic acids is 1. The van der Waals surface area contributed by atoms with E-state index in [9.17, 15) is 22.4 Å². The predicted molar refractivity (Wildman–Crippen MR) is 108 cm³/mol. The fourth-order valence-corrected chi connectivity index (χ4v) is 4.32. The number of likely N-dealkylation sites (N-methyl/N-ethyl adjacent to an activating group) is 1. The van der Waals surface area contributed by atoms with Crippen LogP contribution < -0.4 is 29.3 Å². The van der Waals surface area contributed by atoms with E-state index in [1.54, 1.807) is 0 Å². The number of carbonyl (C=O) groups is 1. The van der Waals surface area contributed by atoms with E-state index in [1.807, 2.05) is 0 Å². The second-order valence-electron chi connectivity index (χ2n) is 8.81. The van der Waals surface area contributed by atoms with Gasteiger partial charge in [0.1, 0.15) is 18.2 Å². The fourth-order valence-electron chi connectivity index (χ4n) is 4.32. The molecule has 0 unspecified atom stereocenters. The van der Waals surface area contributed by atoms with E-state index < -0.39 is 35.0 Å². The van der Waals surface area contributed by atoms with Crippen LogP contribution in [0.5, 0.6) is 0 Å². The topological polar surface area (TPSA) is 47.6 Å². The lowest BCUT2D eigenvalue weighted by atomic mass is 9.90. The van der Waals surface area contributed by atoms with Gasteiger partial charge in [0.15, 0.2) is 23.3 Å². The Hall–Kier alpha value is -1.92. The third kappa shape index (κ3) is 5.78. The number of benzene rings is 2. The van der Waals surface area contributed by atoms with Gasteiger partial charge >= 0.3 is 6.09 Å². The van der Waals surface area contributed by atoms with E-state index in [0.29, 0.717) is 28.7 Å². The number of alkyl carbamates (subject to hydrolysis) is 1. The molecular weight excluding hydrogens is 555 g/mol. The monoisotopic (exact) mass is 580 g/mol. The number of hydrogen-bond donors (Lipinski definition) is 1. The molecule has 1 amide bonds. The Morgan fingerprint density at radius 2 is 1.55 bits per heavy atom. The first-order valence-corrected chi connectivity index (χ1v) is 10.5. The number of nitrogens with one attached hydrogen (secondary N) is 1. The Bertz CT molecular complexity index is 964. The highest BCUT2D eigenvalue weighted by atomic mass is 127. The fraction of sp³-hybridized carbons (Fsp3) is 0.435. The highest BCUT2D eigenvalue weighted by molar-refractivity contribution is 5.70. The molecule has 2 fully saturated rings. The summed E-state index contributed by atoms with van der Waals surface area (Å²) in [7, 11) is 2.07. The highest BCUT2D eigenvalue weighted by Gasteiger charge is 2.47. The van der Waals surface area contributed by atoms with Crippen LogP contribution in [-0.2, 0) is 9.47 Å². The van der Waals surface area contributed by atoms with Crippen LogP contribution in [0.3, 0.4) is 0 Å². The average molecular weight is 580 g/mol. The molecule has 0 bridgehead atoms. The van der Waals surface area contributed by atoms with Crippen LogP contribution in [0.25, 0.3) is 0 Å². The Morgan fingerprint density at radius 1 is 1.00 bits per heavy atom. The molecule has 1 spiro atoms. The van der Waals surface area contributed by atoms with Crippen molar-refractivity contribution in [1.29, 1.82) is 0 Å². The van der Waals surface area contributed by atoms with Gasteiger partial charge in [-0.05, 0) is 35.4 Å². The van der Waals surface area contributed by atoms with Crippen LogP contribution in [0.2, 0.25) is 0 Å². The van der Waals surface area contributed by atoms with Crippen molar-refractivity contribution in [2.75, 3.05) is 39.8 Å². The van der Waals surface area contributed by atoms with Crippen molar-refractivity contribution in [2.24, 2.45) is 0 Å². The van der Waals surface area contributed by atoms with Gasteiger partial charge in [-0.3, -0.25) is 0 Å². The summed E-state index contributed by atoms with van der Waals surface area (Å²) >= 11 is 0. The summed E-state index contributed by atoms with van der Waals surface area (Å²) < 4.78 is 66.7. The van der Waals surface area contributed by atoms with Crippen LogP contribution in [0.15, 0.2) is 36.4 Å². The largest absolute Gasteiger partial charge is 1.00 e. The van der Waals surface area contributed by atoms with E-state index >= 15 is 0 Å². The zero-order valence-electron chi connectivity index (χ0n) is 18.1. The second-order valence-corrected chi connectivity index (χ2v) is 8.81. The normalized spacial score (nSPS) is 24.5. The number of amides is 1.